The minimum absolute atomic E-state index is 0.0235. The van der Waals surface area contributed by atoms with Crippen molar-refractivity contribution in [3.8, 4) is 0 Å². The largest absolute Gasteiger partial charge is 0.466 e. The highest BCUT2D eigenvalue weighted by molar-refractivity contribution is 5.76. The van der Waals surface area contributed by atoms with Crippen molar-refractivity contribution >= 4 is 11.9 Å². The SMILES string of the molecule is CCCCCCCCCCCCCCCCCCCCC(=O)OCCCCCCCCCCCCCC/C=C\CCCCCCCCCCCCCCCCCCC(=O)NC(CO)C(O)CCCCCCCCCCCCC. The molecule has 0 rings (SSSR count). The van der Waals surface area contributed by atoms with Gasteiger partial charge < -0.3 is 20.3 Å². The van der Waals surface area contributed by atoms with Crippen molar-refractivity contribution < 1.29 is 24.5 Å². The topological polar surface area (TPSA) is 95.9 Å². The van der Waals surface area contributed by atoms with Gasteiger partial charge in [0.2, 0.25) is 5.91 Å². The van der Waals surface area contributed by atoms with Crippen LogP contribution in [0.4, 0.5) is 0 Å². The summed E-state index contributed by atoms with van der Waals surface area (Å²) >= 11 is 0. The molecule has 0 aromatic heterocycles. The number of hydrogen-bond donors (Lipinski definition) is 3. The third-order valence-corrected chi connectivity index (χ3v) is 17.1. The lowest BCUT2D eigenvalue weighted by molar-refractivity contribution is -0.143. The highest BCUT2D eigenvalue weighted by Gasteiger charge is 2.20. The third-order valence-electron chi connectivity index (χ3n) is 17.1. The molecular formula is C72H141NO5. The van der Waals surface area contributed by atoms with Crippen molar-refractivity contribution in [1.82, 2.24) is 5.32 Å². The zero-order valence-corrected chi connectivity index (χ0v) is 53.2. The van der Waals surface area contributed by atoms with E-state index in [1.165, 1.54) is 340 Å². The van der Waals surface area contributed by atoms with E-state index in [-0.39, 0.29) is 18.5 Å². The van der Waals surface area contributed by atoms with Crippen LogP contribution >= 0.6 is 0 Å². The Balaban J connectivity index is 3.31. The van der Waals surface area contributed by atoms with Crippen LogP contribution in [0, 0.1) is 0 Å². The van der Waals surface area contributed by atoms with E-state index in [1.807, 2.05) is 0 Å². The quantitative estimate of drug-likeness (QED) is 0.0320. The number of esters is 1. The Kier molecular flexibility index (Phi) is 66.9. The average Bonchev–Trinajstić information content (AvgIpc) is 3.44. The molecule has 1 amide bonds. The first-order valence-corrected chi connectivity index (χ1v) is 35.9. The number of rotatable bonds is 68. The maximum absolute atomic E-state index is 12.5. The Morgan fingerprint density at radius 3 is 0.910 bits per heavy atom. The lowest BCUT2D eigenvalue weighted by Gasteiger charge is -2.22. The van der Waals surface area contributed by atoms with Crippen molar-refractivity contribution in [2.45, 2.75) is 424 Å². The fourth-order valence-electron chi connectivity index (χ4n) is 11.6. The molecule has 6 nitrogen and oxygen atoms in total. The molecule has 6 heteroatoms. The summed E-state index contributed by atoms with van der Waals surface area (Å²) in [6, 6.07) is -0.537. The molecule has 0 spiro atoms. The number of aliphatic hydroxyl groups excluding tert-OH is 2. The first kappa shape index (κ1) is 76.6. The molecule has 0 aliphatic rings. The van der Waals surface area contributed by atoms with E-state index in [0.717, 1.165) is 38.5 Å². The summed E-state index contributed by atoms with van der Waals surface area (Å²) in [5.41, 5.74) is 0. The smallest absolute Gasteiger partial charge is 0.305 e. The van der Waals surface area contributed by atoms with E-state index in [1.54, 1.807) is 0 Å². The summed E-state index contributed by atoms with van der Waals surface area (Å²) in [5.74, 6) is -0.00753. The van der Waals surface area contributed by atoms with E-state index in [4.69, 9.17) is 4.74 Å². The Morgan fingerprint density at radius 2 is 0.603 bits per heavy atom. The Labute approximate surface area is 489 Å². The van der Waals surface area contributed by atoms with Gasteiger partial charge in [-0.15, -0.1) is 0 Å². The molecule has 0 saturated carbocycles. The molecule has 0 saturated heterocycles. The second-order valence-electron chi connectivity index (χ2n) is 24.9. The molecule has 3 N–H and O–H groups in total. The molecule has 0 fully saturated rings. The van der Waals surface area contributed by atoms with Crippen LogP contribution in [0.2, 0.25) is 0 Å². The summed E-state index contributed by atoms with van der Waals surface area (Å²) in [6.07, 6.45) is 84.2. The fraction of sp³-hybridized carbons (Fsp3) is 0.944. The van der Waals surface area contributed by atoms with Gasteiger partial charge in [-0.1, -0.05) is 360 Å². The van der Waals surface area contributed by atoms with Crippen LogP contribution < -0.4 is 5.32 Å². The van der Waals surface area contributed by atoms with Crippen LogP contribution in [0.25, 0.3) is 0 Å². The van der Waals surface area contributed by atoms with E-state index < -0.39 is 12.1 Å². The number of amides is 1. The van der Waals surface area contributed by atoms with E-state index in [9.17, 15) is 19.8 Å². The van der Waals surface area contributed by atoms with Gasteiger partial charge >= 0.3 is 5.97 Å². The number of nitrogens with one attached hydrogen (secondary N) is 1. The van der Waals surface area contributed by atoms with E-state index in [0.29, 0.717) is 25.9 Å². The van der Waals surface area contributed by atoms with Crippen molar-refractivity contribution in [1.29, 1.82) is 0 Å². The van der Waals surface area contributed by atoms with Crippen LogP contribution in [0.5, 0.6) is 0 Å². The first-order valence-electron chi connectivity index (χ1n) is 35.9. The van der Waals surface area contributed by atoms with Gasteiger partial charge in [0, 0.05) is 12.8 Å². The van der Waals surface area contributed by atoms with Gasteiger partial charge in [0.05, 0.1) is 25.4 Å². The lowest BCUT2D eigenvalue weighted by Crippen LogP contribution is -2.45. The van der Waals surface area contributed by atoms with Gasteiger partial charge in [0.15, 0.2) is 0 Å². The molecule has 78 heavy (non-hydrogen) atoms. The number of allylic oxidation sites excluding steroid dienone is 2. The minimum atomic E-state index is -0.660. The summed E-state index contributed by atoms with van der Waals surface area (Å²) in [7, 11) is 0. The number of aliphatic hydroxyl groups is 2. The van der Waals surface area contributed by atoms with Crippen molar-refractivity contribution in [3.05, 3.63) is 12.2 Å². The molecule has 0 aliphatic carbocycles. The normalized spacial score (nSPS) is 12.5. The highest BCUT2D eigenvalue weighted by atomic mass is 16.5. The Bertz CT molecular complexity index is 1180. The van der Waals surface area contributed by atoms with Gasteiger partial charge in [-0.05, 0) is 51.4 Å². The average molecular weight is 1100 g/mol. The summed E-state index contributed by atoms with van der Waals surface area (Å²) < 4.78 is 5.51. The zero-order chi connectivity index (χ0) is 56.4. The summed E-state index contributed by atoms with van der Waals surface area (Å²) in [4.78, 5) is 24.6. The molecule has 2 unspecified atom stereocenters. The van der Waals surface area contributed by atoms with Crippen molar-refractivity contribution in [2.75, 3.05) is 13.2 Å². The molecule has 0 bridgehead atoms. The number of carbonyl (C=O) groups is 2. The lowest BCUT2D eigenvalue weighted by atomic mass is 10.0. The van der Waals surface area contributed by atoms with Gasteiger partial charge in [0.1, 0.15) is 0 Å². The number of unbranched alkanes of at least 4 members (excludes halogenated alkanes) is 55. The monoisotopic (exact) mass is 1100 g/mol. The molecule has 0 radical (unpaired) electrons. The number of hydrogen-bond acceptors (Lipinski definition) is 5. The van der Waals surface area contributed by atoms with Crippen LogP contribution in [0.15, 0.2) is 12.2 Å². The van der Waals surface area contributed by atoms with Crippen LogP contribution in [-0.4, -0.2) is 47.4 Å². The summed E-state index contributed by atoms with van der Waals surface area (Å²) in [6.45, 7) is 4.99. The highest BCUT2D eigenvalue weighted by Crippen LogP contribution is 2.19. The van der Waals surface area contributed by atoms with Crippen LogP contribution in [-0.2, 0) is 14.3 Å². The molecule has 0 aliphatic heterocycles. The van der Waals surface area contributed by atoms with Crippen molar-refractivity contribution in [3.63, 3.8) is 0 Å². The molecule has 464 valence electrons. The zero-order valence-electron chi connectivity index (χ0n) is 53.2. The predicted octanol–water partition coefficient (Wildman–Crippen LogP) is 23.1. The predicted molar refractivity (Wildman–Crippen MR) is 343 cm³/mol. The van der Waals surface area contributed by atoms with Gasteiger partial charge in [0.25, 0.3) is 0 Å². The standard InChI is InChI=1S/C72H141NO5/c1-3-5-7-9-11-13-15-16-17-18-36-39-42-46-50-54-58-62-66-72(77)78-67-63-59-55-51-47-43-40-37-34-32-30-28-26-24-22-20-19-21-23-25-27-29-31-33-35-38-41-45-49-53-57-61-65-71(76)73-69(68-74)70(75)64-60-56-52-48-44-14-12-10-8-6-4-2/h22,24,69-70,74-75H,3-21,23,25-68H2,1-2H3,(H,73,76)/b24-22-. The second kappa shape index (κ2) is 68.1. The van der Waals surface area contributed by atoms with Gasteiger partial charge in [-0.25, -0.2) is 0 Å². The van der Waals surface area contributed by atoms with Crippen LogP contribution in [0.3, 0.4) is 0 Å². The molecule has 0 heterocycles. The molecule has 2 atom stereocenters. The number of carbonyl (C=O) groups excluding carboxylic acids is 2. The van der Waals surface area contributed by atoms with Gasteiger partial charge in [-0.3, -0.25) is 9.59 Å². The third kappa shape index (κ3) is 63.8. The molecule has 0 aromatic carbocycles. The minimum Gasteiger partial charge on any atom is -0.466 e. The molecule has 0 aromatic rings. The van der Waals surface area contributed by atoms with Crippen molar-refractivity contribution in [2.24, 2.45) is 0 Å². The maximum atomic E-state index is 12.5. The Hall–Kier alpha value is -1.40. The fourth-order valence-corrected chi connectivity index (χ4v) is 11.6. The second-order valence-corrected chi connectivity index (χ2v) is 24.9. The van der Waals surface area contributed by atoms with Crippen LogP contribution in [0.1, 0.15) is 412 Å². The van der Waals surface area contributed by atoms with Gasteiger partial charge in [-0.2, -0.15) is 0 Å². The number of ether oxygens (including phenoxy) is 1. The first-order chi connectivity index (χ1) is 38.5. The van der Waals surface area contributed by atoms with E-state index in [2.05, 4.69) is 31.3 Å². The van der Waals surface area contributed by atoms with E-state index >= 15 is 0 Å². The maximum Gasteiger partial charge on any atom is 0.305 e. The Morgan fingerprint density at radius 1 is 0.346 bits per heavy atom. The summed E-state index contributed by atoms with van der Waals surface area (Å²) in [5, 5.41) is 23.2. The molecular weight excluding hydrogens is 959 g/mol.